The zero-order valence-electron chi connectivity index (χ0n) is 17.7. The fraction of sp³-hybridized carbons (Fsp3) is 0.364. The predicted octanol–water partition coefficient (Wildman–Crippen LogP) is 3.85. The third-order valence-electron chi connectivity index (χ3n) is 5.13. The van der Waals surface area contributed by atoms with Crippen LogP contribution in [-0.2, 0) is 19.6 Å². The molecule has 1 heterocycles. The number of carbonyl (C=O) groups excluding carboxylic acids is 2. The van der Waals surface area contributed by atoms with E-state index in [1.165, 1.54) is 22.5 Å². The van der Waals surface area contributed by atoms with Gasteiger partial charge in [0.25, 0.3) is 5.91 Å². The van der Waals surface area contributed by atoms with E-state index in [1.807, 2.05) is 32.9 Å². The molecule has 1 N–H and O–H groups in total. The van der Waals surface area contributed by atoms with Crippen LogP contribution in [0.25, 0.3) is 0 Å². The Balaban J connectivity index is 1.69. The molecule has 0 unspecified atom stereocenters. The quantitative estimate of drug-likeness (QED) is 0.655. The van der Waals surface area contributed by atoms with Crippen molar-refractivity contribution >= 4 is 39.2 Å². The fourth-order valence-electron chi connectivity index (χ4n) is 3.66. The largest absolute Gasteiger partial charge is 0.452 e. The van der Waals surface area contributed by atoms with Gasteiger partial charge in [0.05, 0.1) is 10.6 Å². The van der Waals surface area contributed by atoms with Gasteiger partial charge in [-0.05, 0) is 62.9 Å². The molecular weight excluding hydrogens is 440 g/mol. The van der Waals surface area contributed by atoms with Gasteiger partial charge in [-0.3, -0.25) is 4.79 Å². The van der Waals surface area contributed by atoms with Gasteiger partial charge in [-0.25, -0.2) is 13.2 Å². The fourth-order valence-corrected chi connectivity index (χ4v) is 5.68. The van der Waals surface area contributed by atoms with Crippen molar-refractivity contribution in [3.8, 4) is 0 Å². The molecule has 1 amide bonds. The summed E-state index contributed by atoms with van der Waals surface area (Å²) < 4.78 is 32.1. The van der Waals surface area contributed by atoms with Crippen molar-refractivity contribution in [1.82, 2.24) is 4.31 Å². The summed E-state index contributed by atoms with van der Waals surface area (Å²) >= 11 is 6.10. The molecule has 0 aliphatic carbocycles. The number of sulfonamides is 1. The molecule has 2 aromatic carbocycles. The highest BCUT2D eigenvalue weighted by molar-refractivity contribution is 7.89. The number of esters is 1. The molecule has 1 fully saturated rings. The average molecular weight is 465 g/mol. The van der Waals surface area contributed by atoms with Crippen LogP contribution in [0.5, 0.6) is 0 Å². The standard InChI is InChI=1S/C22H25ClN2O5S/c1-14-10-15(2)21(16(3)11-14)24-20(26)13-30-22(27)17-6-7-18(23)19(12-17)31(28,29)25-8-4-5-9-25/h6-7,10-12H,4-5,8-9,13H2,1-3H3,(H,24,26). The van der Waals surface area contributed by atoms with Crippen molar-refractivity contribution in [1.29, 1.82) is 0 Å². The first-order valence-electron chi connectivity index (χ1n) is 9.94. The van der Waals surface area contributed by atoms with E-state index in [1.54, 1.807) is 0 Å². The third kappa shape index (κ3) is 5.26. The number of benzene rings is 2. The maximum Gasteiger partial charge on any atom is 0.338 e. The number of anilines is 1. The first kappa shape index (κ1) is 23.2. The molecule has 0 atom stereocenters. The Morgan fingerprint density at radius 2 is 1.68 bits per heavy atom. The lowest BCUT2D eigenvalue weighted by atomic mass is 10.1. The van der Waals surface area contributed by atoms with E-state index in [0.717, 1.165) is 29.5 Å². The van der Waals surface area contributed by atoms with Crippen molar-refractivity contribution in [2.45, 2.75) is 38.5 Å². The molecule has 1 aliphatic heterocycles. The second kappa shape index (κ2) is 9.38. The summed E-state index contributed by atoms with van der Waals surface area (Å²) in [5.41, 5.74) is 3.59. The molecular formula is C22H25ClN2O5S. The minimum atomic E-state index is -3.80. The molecule has 2 aromatic rings. The van der Waals surface area contributed by atoms with Crippen LogP contribution in [0.2, 0.25) is 5.02 Å². The number of amides is 1. The van der Waals surface area contributed by atoms with Crippen molar-refractivity contribution in [2.75, 3.05) is 25.0 Å². The van der Waals surface area contributed by atoms with E-state index in [-0.39, 0.29) is 15.5 Å². The molecule has 9 heteroatoms. The monoisotopic (exact) mass is 464 g/mol. The minimum absolute atomic E-state index is 0.0117. The highest BCUT2D eigenvalue weighted by Gasteiger charge is 2.30. The molecule has 7 nitrogen and oxygen atoms in total. The molecule has 0 saturated carbocycles. The normalized spacial score (nSPS) is 14.5. The van der Waals surface area contributed by atoms with Gasteiger partial charge < -0.3 is 10.1 Å². The van der Waals surface area contributed by atoms with Crippen molar-refractivity contribution in [3.05, 3.63) is 57.6 Å². The number of hydrogen-bond acceptors (Lipinski definition) is 5. The van der Waals surface area contributed by atoms with Crippen LogP contribution in [-0.4, -0.2) is 44.3 Å². The van der Waals surface area contributed by atoms with Crippen LogP contribution in [0.15, 0.2) is 35.2 Å². The first-order valence-corrected chi connectivity index (χ1v) is 11.8. The zero-order chi connectivity index (χ0) is 22.8. The van der Waals surface area contributed by atoms with Crippen LogP contribution in [0.3, 0.4) is 0 Å². The summed E-state index contributed by atoms with van der Waals surface area (Å²) in [6.07, 6.45) is 1.57. The molecule has 3 rings (SSSR count). The second-order valence-electron chi connectivity index (χ2n) is 7.65. The van der Waals surface area contributed by atoms with Crippen molar-refractivity contribution < 1.29 is 22.7 Å². The molecule has 31 heavy (non-hydrogen) atoms. The number of nitrogens with one attached hydrogen (secondary N) is 1. The van der Waals surface area contributed by atoms with E-state index in [0.29, 0.717) is 18.8 Å². The van der Waals surface area contributed by atoms with Gasteiger partial charge in [0.15, 0.2) is 6.61 Å². The van der Waals surface area contributed by atoms with Gasteiger partial charge in [-0.15, -0.1) is 0 Å². The van der Waals surface area contributed by atoms with E-state index in [4.69, 9.17) is 16.3 Å². The van der Waals surface area contributed by atoms with Gasteiger partial charge in [0.2, 0.25) is 10.0 Å². The number of nitrogens with zero attached hydrogens (tertiary/aromatic N) is 1. The van der Waals surface area contributed by atoms with Crippen LogP contribution >= 0.6 is 11.6 Å². The van der Waals surface area contributed by atoms with Gasteiger partial charge in [0.1, 0.15) is 4.90 Å². The van der Waals surface area contributed by atoms with Crippen LogP contribution in [0.1, 0.15) is 39.9 Å². The molecule has 0 bridgehead atoms. The number of halogens is 1. The van der Waals surface area contributed by atoms with E-state index in [9.17, 15) is 18.0 Å². The summed E-state index contributed by atoms with van der Waals surface area (Å²) in [6.45, 7) is 6.09. The third-order valence-corrected chi connectivity index (χ3v) is 7.51. The van der Waals surface area contributed by atoms with Gasteiger partial charge in [0, 0.05) is 18.8 Å². The highest BCUT2D eigenvalue weighted by Crippen LogP contribution is 2.28. The van der Waals surface area contributed by atoms with Crippen molar-refractivity contribution in [3.63, 3.8) is 0 Å². The first-order chi connectivity index (χ1) is 14.6. The lowest BCUT2D eigenvalue weighted by Gasteiger charge is -2.17. The number of rotatable bonds is 6. The lowest BCUT2D eigenvalue weighted by Crippen LogP contribution is -2.28. The summed E-state index contributed by atoms with van der Waals surface area (Å²) in [5, 5.41) is 2.79. The Morgan fingerprint density at radius 1 is 1.06 bits per heavy atom. The number of carbonyl (C=O) groups is 2. The summed E-state index contributed by atoms with van der Waals surface area (Å²) in [4.78, 5) is 24.6. The molecule has 0 aromatic heterocycles. The zero-order valence-corrected chi connectivity index (χ0v) is 19.3. The maximum atomic E-state index is 12.8. The van der Waals surface area contributed by atoms with E-state index >= 15 is 0 Å². The Morgan fingerprint density at radius 3 is 2.29 bits per heavy atom. The van der Waals surface area contributed by atoms with Crippen LogP contribution in [0, 0.1) is 20.8 Å². The average Bonchev–Trinajstić information content (AvgIpc) is 3.25. The molecule has 1 aliphatic rings. The smallest absolute Gasteiger partial charge is 0.338 e. The Hall–Kier alpha value is -2.42. The molecule has 1 saturated heterocycles. The van der Waals surface area contributed by atoms with Gasteiger partial charge >= 0.3 is 5.97 Å². The molecule has 166 valence electrons. The number of hydrogen-bond donors (Lipinski definition) is 1. The van der Waals surface area contributed by atoms with Crippen molar-refractivity contribution in [2.24, 2.45) is 0 Å². The molecule has 0 radical (unpaired) electrons. The second-order valence-corrected chi connectivity index (χ2v) is 9.97. The number of ether oxygens (including phenoxy) is 1. The Kier molecular flexibility index (Phi) is 7.03. The highest BCUT2D eigenvalue weighted by atomic mass is 35.5. The topological polar surface area (TPSA) is 92.8 Å². The predicted molar refractivity (Wildman–Crippen MR) is 119 cm³/mol. The maximum absolute atomic E-state index is 12.8. The van der Waals surface area contributed by atoms with E-state index < -0.39 is 28.5 Å². The SMILES string of the molecule is Cc1cc(C)c(NC(=O)COC(=O)c2ccc(Cl)c(S(=O)(=O)N3CCCC3)c2)c(C)c1. The van der Waals surface area contributed by atoms with E-state index in [2.05, 4.69) is 5.32 Å². The summed E-state index contributed by atoms with van der Waals surface area (Å²) in [6, 6.07) is 7.82. The lowest BCUT2D eigenvalue weighted by molar-refractivity contribution is -0.119. The van der Waals surface area contributed by atoms with Crippen LogP contribution < -0.4 is 5.32 Å². The van der Waals surface area contributed by atoms with Gasteiger partial charge in [-0.1, -0.05) is 29.3 Å². The molecule has 0 spiro atoms. The summed E-state index contributed by atoms with van der Waals surface area (Å²) in [7, 11) is -3.80. The van der Waals surface area contributed by atoms with Gasteiger partial charge in [-0.2, -0.15) is 4.31 Å². The minimum Gasteiger partial charge on any atom is -0.452 e. The summed E-state index contributed by atoms with van der Waals surface area (Å²) in [5.74, 6) is -1.29. The Labute approximate surface area is 187 Å². The Bertz CT molecular complexity index is 1100. The number of aryl methyl sites for hydroxylation is 3. The van der Waals surface area contributed by atoms with Crippen LogP contribution in [0.4, 0.5) is 5.69 Å².